The van der Waals surface area contributed by atoms with Gasteiger partial charge in [-0.1, -0.05) is 0 Å². The Bertz CT molecular complexity index is 483. The van der Waals surface area contributed by atoms with Crippen molar-refractivity contribution in [2.24, 2.45) is 5.41 Å². The van der Waals surface area contributed by atoms with Gasteiger partial charge in [-0.2, -0.15) is 0 Å². The summed E-state index contributed by atoms with van der Waals surface area (Å²) in [7, 11) is 1.55. The number of piperidine rings is 1. The Morgan fingerprint density at radius 2 is 2.45 bits per heavy atom. The van der Waals surface area contributed by atoms with Crippen LogP contribution in [0.5, 0.6) is 0 Å². The van der Waals surface area contributed by atoms with Crippen LogP contribution in [-0.4, -0.2) is 42.9 Å². The average Bonchev–Trinajstić information content (AvgIpc) is 2.45. The van der Waals surface area contributed by atoms with Crippen molar-refractivity contribution < 1.29 is 19.0 Å². The molecule has 1 aliphatic rings. The van der Waals surface area contributed by atoms with Crippen LogP contribution >= 0.6 is 0 Å². The van der Waals surface area contributed by atoms with Crippen molar-refractivity contribution in [1.29, 1.82) is 0 Å². The van der Waals surface area contributed by atoms with E-state index in [9.17, 15) is 14.3 Å². The minimum atomic E-state index is -0.891. The van der Waals surface area contributed by atoms with Gasteiger partial charge in [0.05, 0.1) is 5.41 Å². The van der Waals surface area contributed by atoms with Gasteiger partial charge in [0, 0.05) is 33.0 Å². The fourth-order valence-electron chi connectivity index (χ4n) is 2.71. The molecule has 0 spiro atoms. The molecule has 6 heteroatoms. The van der Waals surface area contributed by atoms with Gasteiger partial charge >= 0.3 is 5.97 Å². The third-order valence-corrected chi connectivity index (χ3v) is 3.85. The van der Waals surface area contributed by atoms with E-state index in [0.29, 0.717) is 32.4 Å². The summed E-state index contributed by atoms with van der Waals surface area (Å²) in [6.45, 7) is 1.26. The van der Waals surface area contributed by atoms with Gasteiger partial charge in [0.2, 0.25) is 0 Å². The van der Waals surface area contributed by atoms with Gasteiger partial charge in [0.1, 0.15) is 0 Å². The van der Waals surface area contributed by atoms with Crippen LogP contribution in [0.25, 0.3) is 0 Å². The number of ether oxygens (including phenoxy) is 1. The van der Waals surface area contributed by atoms with Crippen molar-refractivity contribution in [2.75, 3.05) is 31.7 Å². The minimum Gasteiger partial charge on any atom is -0.481 e. The Kier molecular flexibility index (Phi) is 4.54. The molecule has 1 aromatic heterocycles. The maximum Gasteiger partial charge on any atom is 0.311 e. The number of carboxylic acids is 1. The number of halogens is 1. The zero-order chi connectivity index (χ0) is 14.6. The third-order valence-electron chi connectivity index (χ3n) is 3.85. The molecule has 0 amide bonds. The Morgan fingerprint density at radius 1 is 1.65 bits per heavy atom. The maximum atomic E-state index is 13.8. The SMILES string of the molecule is COCC[C@@]1(C(=O)O)CCCN(c2ncccc2F)C1. The van der Waals surface area contributed by atoms with Crippen LogP contribution < -0.4 is 4.90 Å². The van der Waals surface area contributed by atoms with Crippen LogP contribution in [0.2, 0.25) is 0 Å². The third kappa shape index (κ3) is 2.90. The predicted molar refractivity (Wildman–Crippen MR) is 72.2 cm³/mol. The highest BCUT2D eigenvalue weighted by molar-refractivity contribution is 5.76. The quantitative estimate of drug-likeness (QED) is 0.894. The van der Waals surface area contributed by atoms with Crippen LogP contribution in [0.15, 0.2) is 18.3 Å². The van der Waals surface area contributed by atoms with Crippen molar-refractivity contribution in [3.8, 4) is 0 Å². The summed E-state index contributed by atoms with van der Waals surface area (Å²) in [5.74, 6) is -1.04. The summed E-state index contributed by atoms with van der Waals surface area (Å²) in [6, 6.07) is 2.87. The topological polar surface area (TPSA) is 62.7 Å². The van der Waals surface area contributed by atoms with E-state index in [0.717, 1.165) is 0 Å². The molecule has 1 N–H and O–H groups in total. The molecule has 2 heterocycles. The summed E-state index contributed by atoms with van der Waals surface area (Å²) in [5.41, 5.74) is -0.891. The highest BCUT2D eigenvalue weighted by Gasteiger charge is 2.42. The second-order valence-electron chi connectivity index (χ2n) is 5.16. The smallest absolute Gasteiger partial charge is 0.311 e. The van der Waals surface area contributed by atoms with Gasteiger partial charge in [-0.3, -0.25) is 4.79 Å². The number of rotatable bonds is 5. The Balaban J connectivity index is 2.22. The van der Waals surface area contributed by atoms with Gasteiger partial charge < -0.3 is 14.7 Å². The molecular weight excluding hydrogens is 263 g/mol. The van der Waals surface area contributed by atoms with E-state index in [1.54, 1.807) is 12.0 Å². The molecule has 1 atom stereocenters. The second kappa shape index (κ2) is 6.17. The molecular formula is C14H19FN2O3. The number of carboxylic acid groups (broad SMARTS) is 1. The number of hydrogen-bond acceptors (Lipinski definition) is 4. The van der Waals surface area contributed by atoms with Crippen LogP contribution in [0.4, 0.5) is 10.2 Å². The molecule has 0 radical (unpaired) electrons. The summed E-state index contributed by atoms with van der Waals surface area (Å²) in [5, 5.41) is 9.55. The number of anilines is 1. The maximum absolute atomic E-state index is 13.8. The van der Waals surface area contributed by atoms with E-state index < -0.39 is 17.2 Å². The molecule has 2 rings (SSSR count). The summed E-state index contributed by atoms with van der Waals surface area (Å²) in [6.07, 6.45) is 3.22. The highest BCUT2D eigenvalue weighted by atomic mass is 19.1. The van der Waals surface area contributed by atoms with Crippen LogP contribution in [0, 0.1) is 11.2 Å². The first-order valence-corrected chi connectivity index (χ1v) is 6.67. The largest absolute Gasteiger partial charge is 0.481 e. The van der Waals surface area contributed by atoms with E-state index in [4.69, 9.17) is 4.74 Å². The summed E-state index contributed by atoms with van der Waals surface area (Å²) in [4.78, 5) is 17.4. The standard InChI is InChI=1S/C14H19FN2O3/c1-20-9-6-14(13(18)19)5-3-8-17(10-14)12-11(15)4-2-7-16-12/h2,4,7H,3,5-6,8-10H2,1H3,(H,18,19)/t14-/m0/s1. The number of aromatic nitrogens is 1. The monoisotopic (exact) mass is 282 g/mol. The Morgan fingerprint density at radius 3 is 3.10 bits per heavy atom. The molecule has 0 aliphatic carbocycles. The second-order valence-corrected chi connectivity index (χ2v) is 5.16. The van der Waals surface area contributed by atoms with E-state index in [-0.39, 0.29) is 12.4 Å². The number of nitrogens with zero attached hydrogens (tertiary/aromatic N) is 2. The van der Waals surface area contributed by atoms with Gasteiger partial charge in [-0.05, 0) is 31.4 Å². The molecule has 20 heavy (non-hydrogen) atoms. The Hall–Kier alpha value is -1.69. The predicted octanol–water partition coefficient (Wildman–Crippen LogP) is 1.93. The van der Waals surface area contributed by atoms with Crippen molar-refractivity contribution in [2.45, 2.75) is 19.3 Å². The first kappa shape index (κ1) is 14.7. The molecule has 5 nitrogen and oxygen atoms in total. The molecule has 1 saturated heterocycles. The van der Waals surface area contributed by atoms with Crippen LogP contribution in [-0.2, 0) is 9.53 Å². The van der Waals surface area contributed by atoms with Crippen molar-refractivity contribution >= 4 is 11.8 Å². The highest BCUT2D eigenvalue weighted by Crippen LogP contribution is 2.36. The molecule has 0 unspecified atom stereocenters. The lowest BCUT2D eigenvalue weighted by Crippen LogP contribution is -2.49. The van der Waals surface area contributed by atoms with Gasteiger partial charge in [0.15, 0.2) is 11.6 Å². The van der Waals surface area contributed by atoms with Crippen molar-refractivity contribution in [3.63, 3.8) is 0 Å². The summed E-state index contributed by atoms with van der Waals surface area (Å²) < 4.78 is 18.8. The number of pyridine rings is 1. The lowest BCUT2D eigenvalue weighted by Gasteiger charge is -2.40. The molecule has 110 valence electrons. The lowest BCUT2D eigenvalue weighted by atomic mass is 9.77. The number of methoxy groups -OCH3 is 1. The molecule has 0 saturated carbocycles. The number of aliphatic carboxylic acids is 1. The van der Waals surface area contributed by atoms with E-state index >= 15 is 0 Å². The minimum absolute atomic E-state index is 0.232. The fraction of sp³-hybridized carbons (Fsp3) is 0.571. The molecule has 1 aromatic rings. The zero-order valence-corrected chi connectivity index (χ0v) is 11.5. The Labute approximate surface area is 117 Å². The lowest BCUT2D eigenvalue weighted by molar-refractivity contribution is -0.150. The van der Waals surface area contributed by atoms with Crippen LogP contribution in [0.1, 0.15) is 19.3 Å². The fourth-order valence-corrected chi connectivity index (χ4v) is 2.71. The zero-order valence-electron chi connectivity index (χ0n) is 11.5. The first-order valence-electron chi connectivity index (χ1n) is 6.67. The molecule has 0 aromatic carbocycles. The van der Waals surface area contributed by atoms with E-state index in [1.807, 2.05) is 0 Å². The molecule has 1 fully saturated rings. The van der Waals surface area contributed by atoms with Gasteiger partial charge in [-0.25, -0.2) is 9.37 Å². The van der Waals surface area contributed by atoms with Crippen molar-refractivity contribution in [1.82, 2.24) is 4.98 Å². The molecule has 0 bridgehead atoms. The van der Waals surface area contributed by atoms with Crippen molar-refractivity contribution in [3.05, 3.63) is 24.1 Å². The van der Waals surface area contributed by atoms with Gasteiger partial charge in [-0.15, -0.1) is 0 Å². The normalized spacial score (nSPS) is 22.8. The number of carbonyl (C=O) groups is 1. The molecule has 1 aliphatic heterocycles. The summed E-state index contributed by atoms with van der Waals surface area (Å²) >= 11 is 0. The number of hydrogen-bond donors (Lipinski definition) is 1. The first-order chi connectivity index (χ1) is 9.59. The van der Waals surface area contributed by atoms with E-state index in [1.165, 1.54) is 18.3 Å². The van der Waals surface area contributed by atoms with Gasteiger partial charge in [0.25, 0.3) is 0 Å². The average molecular weight is 282 g/mol. The van der Waals surface area contributed by atoms with E-state index in [2.05, 4.69) is 4.98 Å². The van der Waals surface area contributed by atoms with Crippen LogP contribution in [0.3, 0.4) is 0 Å².